The summed E-state index contributed by atoms with van der Waals surface area (Å²) in [6.45, 7) is 1.29. The average molecular weight is 440 g/mol. The molecule has 1 amide bonds. The monoisotopic (exact) mass is 439 g/mol. The van der Waals surface area contributed by atoms with Gasteiger partial charge in [-0.1, -0.05) is 17.7 Å². The van der Waals surface area contributed by atoms with E-state index in [9.17, 15) is 13.2 Å². The summed E-state index contributed by atoms with van der Waals surface area (Å²) < 4.78 is 35.7. The Morgan fingerprint density at radius 1 is 1.17 bits per heavy atom. The van der Waals surface area contributed by atoms with Gasteiger partial charge in [0.2, 0.25) is 10.0 Å². The zero-order valence-electron chi connectivity index (χ0n) is 16.5. The number of carbonyl (C=O) groups is 1. The maximum Gasteiger partial charge on any atom is 0.260 e. The molecule has 0 aromatic heterocycles. The molecule has 10 heteroatoms. The number of hydrogen-bond donors (Lipinski definition) is 1. The van der Waals surface area contributed by atoms with E-state index >= 15 is 0 Å². The van der Waals surface area contributed by atoms with Gasteiger partial charge in [0.05, 0.1) is 32.4 Å². The molecule has 0 saturated carbocycles. The molecule has 8 nitrogen and oxygen atoms in total. The molecule has 0 aliphatic rings. The van der Waals surface area contributed by atoms with Crippen molar-refractivity contribution < 1.29 is 22.7 Å². The third-order valence-corrected chi connectivity index (χ3v) is 5.30. The maximum absolute atomic E-state index is 12.3. The first-order valence-corrected chi connectivity index (χ1v) is 10.7. The minimum Gasteiger partial charge on any atom is -0.493 e. The van der Waals surface area contributed by atoms with Crippen LogP contribution in [0.25, 0.3) is 0 Å². The van der Waals surface area contributed by atoms with E-state index in [2.05, 4.69) is 10.5 Å². The van der Waals surface area contributed by atoms with Crippen LogP contribution in [0.3, 0.4) is 0 Å². The van der Waals surface area contributed by atoms with E-state index in [1.54, 1.807) is 37.3 Å². The van der Waals surface area contributed by atoms with E-state index in [-0.39, 0.29) is 0 Å². The lowest BCUT2D eigenvalue weighted by Crippen LogP contribution is -2.39. The summed E-state index contributed by atoms with van der Waals surface area (Å²) in [5, 5.41) is 4.24. The molecule has 0 radical (unpaired) electrons. The molecule has 0 atom stereocenters. The molecule has 0 bridgehead atoms. The van der Waals surface area contributed by atoms with Crippen molar-refractivity contribution >= 4 is 39.4 Å². The minimum atomic E-state index is -3.71. The number of methoxy groups -OCH3 is 2. The number of anilines is 1. The first-order valence-electron chi connectivity index (χ1n) is 8.43. The van der Waals surface area contributed by atoms with Crippen molar-refractivity contribution in [3.8, 4) is 11.5 Å². The number of carbonyl (C=O) groups excluding carboxylic acids is 1. The Labute approximate surface area is 175 Å². The molecule has 0 heterocycles. The fraction of sp³-hybridized carbons (Fsp3) is 0.263. The molecule has 156 valence electrons. The third-order valence-electron chi connectivity index (χ3n) is 3.94. The van der Waals surface area contributed by atoms with Crippen LogP contribution < -0.4 is 19.2 Å². The van der Waals surface area contributed by atoms with Crippen LogP contribution in [0.4, 0.5) is 5.69 Å². The SMILES string of the molecule is COc1ccc(/C=N\NC(=O)CN(c2cc(Cl)ccc2C)S(C)(=O)=O)cc1OC. The van der Waals surface area contributed by atoms with Crippen molar-refractivity contribution in [2.24, 2.45) is 5.10 Å². The number of sulfonamides is 1. The summed E-state index contributed by atoms with van der Waals surface area (Å²) in [6, 6.07) is 9.95. The highest BCUT2D eigenvalue weighted by molar-refractivity contribution is 7.92. The van der Waals surface area contributed by atoms with Gasteiger partial charge in [0.1, 0.15) is 6.54 Å². The zero-order valence-corrected chi connectivity index (χ0v) is 18.0. The smallest absolute Gasteiger partial charge is 0.260 e. The van der Waals surface area contributed by atoms with Crippen LogP contribution in [0.15, 0.2) is 41.5 Å². The van der Waals surface area contributed by atoms with Gasteiger partial charge in [-0.2, -0.15) is 5.10 Å². The Bertz CT molecular complexity index is 1020. The van der Waals surface area contributed by atoms with Gasteiger partial charge in [0, 0.05) is 5.02 Å². The molecule has 2 rings (SSSR count). The predicted octanol–water partition coefficient (Wildman–Crippen LogP) is 2.58. The number of ether oxygens (including phenoxy) is 2. The topological polar surface area (TPSA) is 97.3 Å². The number of rotatable bonds is 8. The normalized spacial score (nSPS) is 11.3. The standard InChI is InChI=1S/C19H22ClN3O5S/c1-13-5-7-15(20)10-16(13)23(29(4,25)26)12-19(24)22-21-11-14-6-8-17(27-2)18(9-14)28-3/h5-11H,12H2,1-4H3,(H,22,24)/b21-11-. The van der Waals surface area contributed by atoms with E-state index < -0.39 is 22.5 Å². The second-order valence-electron chi connectivity index (χ2n) is 6.11. The molecular formula is C19H22ClN3O5S. The van der Waals surface area contributed by atoms with Gasteiger partial charge in [0.25, 0.3) is 5.91 Å². The van der Waals surface area contributed by atoms with Crippen LogP contribution in [-0.2, 0) is 14.8 Å². The van der Waals surface area contributed by atoms with Crippen molar-refractivity contribution in [3.05, 3.63) is 52.5 Å². The summed E-state index contributed by atoms with van der Waals surface area (Å²) in [7, 11) is -0.674. The van der Waals surface area contributed by atoms with E-state index in [0.717, 1.165) is 10.6 Å². The molecule has 29 heavy (non-hydrogen) atoms. The molecule has 1 N–H and O–H groups in total. The highest BCUT2D eigenvalue weighted by Crippen LogP contribution is 2.27. The van der Waals surface area contributed by atoms with Crippen LogP contribution in [0, 0.1) is 6.92 Å². The number of nitrogens with zero attached hydrogens (tertiary/aromatic N) is 2. The fourth-order valence-electron chi connectivity index (χ4n) is 2.51. The van der Waals surface area contributed by atoms with Gasteiger partial charge >= 0.3 is 0 Å². The van der Waals surface area contributed by atoms with E-state index in [0.29, 0.717) is 33.3 Å². The van der Waals surface area contributed by atoms with E-state index in [1.165, 1.54) is 26.5 Å². The van der Waals surface area contributed by atoms with Crippen LogP contribution >= 0.6 is 11.6 Å². The second kappa shape index (κ2) is 9.62. The lowest BCUT2D eigenvalue weighted by molar-refractivity contribution is -0.119. The van der Waals surface area contributed by atoms with Gasteiger partial charge in [-0.05, 0) is 48.4 Å². The van der Waals surface area contributed by atoms with Crippen LogP contribution in [0.5, 0.6) is 11.5 Å². The van der Waals surface area contributed by atoms with Crippen LogP contribution in [0.1, 0.15) is 11.1 Å². The molecule has 2 aromatic carbocycles. The molecule has 0 saturated heterocycles. The first kappa shape index (κ1) is 22.5. The van der Waals surface area contributed by atoms with Gasteiger partial charge in [-0.25, -0.2) is 13.8 Å². The molecule has 0 unspecified atom stereocenters. The van der Waals surface area contributed by atoms with Crippen molar-refractivity contribution in [1.82, 2.24) is 5.43 Å². The Balaban J connectivity index is 2.13. The summed E-state index contributed by atoms with van der Waals surface area (Å²) in [5.41, 5.74) is 3.98. The Morgan fingerprint density at radius 3 is 2.48 bits per heavy atom. The number of benzene rings is 2. The lowest BCUT2D eigenvalue weighted by atomic mass is 10.2. The second-order valence-corrected chi connectivity index (χ2v) is 8.45. The predicted molar refractivity (Wildman–Crippen MR) is 114 cm³/mol. The summed E-state index contributed by atoms with van der Waals surface area (Å²) in [5.74, 6) is 0.475. The number of amides is 1. The van der Waals surface area contributed by atoms with E-state index in [4.69, 9.17) is 21.1 Å². The Kier molecular flexibility index (Phi) is 7.46. The van der Waals surface area contributed by atoms with Crippen molar-refractivity contribution in [2.45, 2.75) is 6.92 Å². The fourth-order valence-corrected chi connectivity index (χ4v) is 3.58. The van der Waals surface area contributed by atoms with Crippen molar-refractivity contribution in [3.63, 3.8) is 0 Å². The molecule has 0 spiro atoms. The van der Waals surface area contributed by atoms with Crippen LogP contribution in [-0.4, -0.2) is 47.6 Å². The molecule has 0 aliphatic carbocycles. The average Bonchev–Trinajstić information content (AvgIpc) is 2.67. The molecule has 0 aliphatic heterocycles. The lowest BCUT2D eigenvalue weighted by Gasteiger charge is -2.23. The van der Waals surface area contributed by atoms with Gasteiger partial charge in [0.15, 0.2) is 11.5 Å². The number of halogens is 1. The van der Waals surface area contributed by atoms with Crippen molar-refractivity contribution in [1.29, 1.82) is 0 Å². The first-order chi connectivity index (χ1) is 13.7. The third kappa shape index (κ3) is 6.10. The Hall–Kier alpha value is -2.78. The van der Waals surface area contributed by atoms with Crippen LogP contribution in [0.2, 0.25) is 5.02 Å². The highest BCUT2D eigenvalue weighted by atomic mass is 35.5. The largest absolute Gasteiger partial charge is 0.493 e. The summed E-state index contributed by atoms with van der Waals surface area (Å²) in [6.07, 6.45) is 2.43. The van der Waals surface area contributed by atoms with Gasteiger partial charge < -0.3 is 9.47 Å². The number of aryl methyl sites for hydroxylation is 1. The highest BCUT2D eigenvalue weighted by Gasteiger charge is 2.22. The summed E-state index contributed by atoms with van der Waals surface area (Å²) >= 11 is 5.98. The molecular weight excluding hydrogens is 418 g/mol. The molecule has 2 aromatic rings. The van der Waals surface area contributed by atoms with Crippen molar-refractivity contribution in [2.75, 3.05) is 31.3 Å². The van der Waals surface area contributed by atoms with E-state index in [1.807, 2.05) is 0 Å². The van der Waals surface area contributed by atoms with Gasteiger partial charge in [-0.15, -0.1) is 0 Å². The summed E-state index contributed by atoms with van der Waals surface area (Å²) in [4.78, 5) is 12.3. The minimum absolute atomic E-state index is 0.332. The number of nitrogens with one attached hydrogen (secondary N) is 1. The molecule has 0 fully saturated rings. The maximum atomic E-state index is 12.3. The quantitative estimate of drug-likeness (QED) is 0.503. The zero-order chi connectivity index (χ0) is 21.6. The number of hydrazone groups is 1. The number of hydrogen-bond acceptors (Lipinski definition) is 6. The van der Waals surface area contributed by atoms with Gasteiger partial charge in [-0.3, -0.25) is 9.10 Å². The Morgan fingerprint density at radius 2 is 1.86 bits per heavy atom.